The molecule has 0 radical (unpaired) electrons. The van der Waals surface area contributed by atoms with Crippen LogP contribution in [0.1, 0.15) is 37.9 Å². The van der Waals surface area contributed by atoms with Crippen molar-refractivity contribution < 1.29 is 0 Å². The van der Waals surface area contributed by atoms with Gasteiger partial charge in [0, 0.05) is 11.6 Å². The van der Waals surface area contributed by atoms with Gasteiger partial charge in [-0.3, -0.25) is 0 Å². The van der Waals surface area contributed by atoms with Crippen LogP contribution in [0, 0.1) is 0 Å². The molecule has 1 heterocycles. The molecule has 0 saturated carbocycles. The van der Waals surface area contributed by atoms with Gasteiger partial charge >= 0.3 is 0 Å². The van der Waals surface area contributed by atoms with Crippen molar-refractivity contribution in [1.82, 2.24) is 5.32 Å². The van der Waals surface area contributed by atoms with E-state index in [0.717, 1.165) is 6.42 Å². The van der Waals surface area contributed by atoms with Crippen LogP contribution in [0.3, 0.4) is 0 Å². The van der Waals surface area contributed by atoms with E-state index >= 15 is 0 Å². The van der Waals surface area contributed by atoms with Gasteiger partial charge in [-0.05, 0) is 38.3 Å². The van der Waals surface area contributed by atoms with Gasteiger partial charge in [-0.1, -0.05) is 24.3 Å². The zero-order chi connectivity index (χ0) is 9.47. The third kappa shape index (κ3) is 2.10. The summed E-state index contributed by atoms with van der Waals surface area (Å²) in [6.07, 6.45) is 1.13. The third-order valence-corrected chi connectivity index (χ3v) is 2.76. The Morgan fingerprint density at radius 2 is 1.93 bits per heavy atom. The van der Waals surface area contributed by atoms with E-state index in [1.54, 1.807) is 0 Å². The van der Waals surface area contributed by atoms with Crippen molar-refractivity contribution in [1.29, 1.82) is 0 Å². The molecule has 1 aliphatic rings. The first kappa shape index (κ1) is 11.5. The summed E-state index contributed by atoms with van der Waals surface area (Å²) in [6, 6.07) is 9.21. The fourth-order valence-corrected chi connectivity index (χ4v) is 2.31. The molecule has 1 nitrogen and oxygen atoms in total. The average molecular weight is 212 g/mol. The Balaban J connectivity index is 0.000000980. The van der Waals surface area contributed by atoms with Crippen LogP contribution in [0.2, 0.25) is 0 Å². The molecule has 78 valence electrons. The van der Waals surface area contributed by atoms with Gasteiger partial charge in [-0.25, -0.2) is 0 Å². The number of fused-ring (bicyclic) bond motifs is 1. The molecule has 0 aliphatic carbocycles. The van der Waals surface area contributed by atoms with Crippen LogP contribution in [0.4, 0.5) is 0 Å². The van der Waals surface area contributed by atoms with Crippen molar-refractivity contribution in [2.45, 2.75) is 38.8 Å². The second kappa shape index (κ2) is 3.92. The number of hydrogen-bond donors (Lipinski definition) is 1. The van der Waals surface area contributed by atoms with E-state index in [1.807, 2.05) is 0 Å². The van der Waals surface area contributed by atoms with E-state index in [9.17, 15) is 0 Å². The quantitative estimate of drug-likeness (QED) is 0.696. The highest BCUT2D eigenvalue weighted by atomic mass is 35.5. The van der Waals surface area contributed by atoms with Crippen molar-refractivity contribution >= 4 is 12.4 Å². The van der Waals surface area contributed by atoms with Crippen LogP contribution in [-0.4, -0.2) is 5.54 Å². The summed E-state index contributed by atoms with van der Waals surface area (Å²) in [5.74, 6) is 0. The van der Waals surface area contributed by atoms with Crippen molar-refractivity contribution in [2.75, 3.05) is 0 Å². The molecule has 0 bridgehead atoms. The lowest BCUT2D eigenvalue weighted by Crippen LogP contribution is -2.46. The highest BCUT2D eigenvalue weighted by molar-refractivity contribution is 5.85. The summed E-state index contributed by atoms with van der Waals surface area (Å²) in [4.78, 5) is 0. The predicted octanol–water partition coefficient (Wildman–Crippen LogP) is 3.09. The standard InChI is InChI=1S/C12H17N.ClH/c1-9-11-7-5-4-6-10(11)8-12(2,3)13-9;/h4-7,9,13H,8H2,1-3H3;1H. The van der Waals surface area contributed by atoms with Gasteiger partial charge in [0.25, 0.3) is 0 Å². The summed E-state index contributed by atoms with van der Waals surface area (Å²) < 4.78 is 0. The van der Waals surface area contributed by atoms with Gasteiger partial charge in [0.05, 0.1) is 0 Å². The molecule has 1 aliphatic heterocycles. The molecule has 1 N–H and O–H groups in total. The molecule has 2 rings (SSSR count). The van der Waals surface area contributed by atoms with E-state index in [4.69, 9.17) is 0 Å². The number of rotatable bonds is 0. The largest absolute Gasteiger partial charge is 0.305 e. The lowest BCUT2D eigenvalue weighted by molar-refractivity contribution is 0.322. The van der Waals surface area contributed by atoms with Gasteiger partial charge in [0.2, 0.25) is 0 Å². The number of halogens is 1. The Bertz CT molecular complexity index is 320. The minimum Gasteiger partial charge on any atom is -0.305 e. The molecule has 0 fully saturated rings. The minimum absolute atomic E-state index is 0. The molecule has 1 aromatic carbocycles. The third-order valence-electron chi connectivity index (χ3n) is 2.76. The molecular formula is C12H18ClN. The van der Waals surface area contributed by atoms with Crippen LogP contribution < -0.4 is 5.32 Å². The Kier molecular flexibility index (Phi) is 3.23. The molecule has 1 aromatic rings. The zero-order valence-corrected chi connectivity index (χ0v) is 9.82. The summed E-state index contributed by atoms with van der Waals surface area (Å²) in [7, 11) is 0. The lowest BCUT2D eigenvalue weighted by Gasteiger charge is -2.37. The Labute approximate surface area is 92.3 Å². The van der Waals surface area contributed by atoms with Gasteiger partial charge in [0.15, 0.2) is 0 Å². The number of hydrogen-bond acceptors (Lipinski definition) is 1. The molecule has 14 heavy (non-hydrogen) atoms. The molecule has 1 atom stereocenters. The number of nitrogens with one attached hydrogen (secondary N) is 1. The average Bonchev–Trinajstić information content (AvgIpc) is 2.02. The molecule has 0 amide bonds. The zero-order valence-electron chi connectivity index (χ0n) is 9.00. The number of benzene rings is 1. The first-order chi connectivity index (χ1) is 6.08. The van der Waals surface area contributed by atoms with E-state index in [2.05, 4.69) is 50.4 Å². The Hall–Kier alpha value is -0.530. The highest BCUT2D eigenvalue weighted by Gasteiger charge is 2.28. The Morgan fingerprint density at radius 1 is 1.29 bits per heavy atom. The van der Waals surface area contributed by atoms with Gasteiger partial charge in [-0.15, -0.1) is 12.4 Å². The SMILES string of the molecule is CC1NC(C)(C)Cc2ccccc21.Cl. The fourth-order valence-electron chi connectivity index (χ4n) is 2.31. The van der Waals surface area contributed by atoms with E-state index in [1.165, 1.54) is 11.1 Å². The van der Waals surface area contributed by atoms with Crippen LogP contribution in [0.15, 0.2) is 24.3 Å². The maximum Gasteiger partial charge on any atom is 0.0299 e. The monoisotopic (exact) mass is 211 g/mol. The minimum atomic E-state index is 0. The normalized spacial score (nSPS) is 23.5. The molecule has 0 aromatic heterocycles. The van der Waals surface area contributed by atoms with Crippen molar-refractivity contribution in [3.63, 3.8) is 0 Å². The smallest absolute Gasteiger partial charge is 0.0299 e. The predicted molar refractivity (Wildman–Crippen MR) is 63.0 cm³/mol. The first-order valence-electron chi connectivity index (χ1n) is 4.94. The van der Waals surface area contributed by atoms with Crippen LogP contribution in [-0.2, 0) is 6.42 Å². The molecule has 0 spiro atoms. The summed E-state index contributed by atoms with van der Waals surface area (Å²) >= 11 is 0. The molecule has 0 saturated heterocycles. The van der Waals surface area contributed by atoms with Crippen molar-refractivity contribution in [3.05, 3.63) is 35.4 Å². The van der Waals surface area contributed by atoms with Crippen LogP contribution in [0.25, 0.3) is 0 Å². The van der Waals surface area contributed by atoms with E-state index < -0.39 is 0 Å². The lowest BCUT2D eigenvalue weighted by atomic mass is 9.84. The molecular weight excluding hydrogens is 194 g/mol. The maximum atomic E-state index is 3.61. The van der Waals surface area contributed by atoms with Crippen molar-refractivity contribution in [3.8, 4) is 0 Å². The first-order valence-corrected chi connectivity index (χ1v) is 4.94. The Morgan fingerprint density at radius 3 is 2.64 bits per heavy atom. The summed E-state index contributed by atoms with van der Waals surface area (Å²) in [6.45, 7) is 6.76. The highest BCUT2D eigenvalue weighted by Crippen LogP contribution is 2.29. The van der Waals surface area contributed by atoms with Gasteiger partial charge < -0.3 is 5.32 Å². The summed E-state index contributed by atoms with van der Waals surface area (Å²) in [5, 5.41) is 3.61. The van der Waals surface area contributed by atoms with Crippen molar-refractivity contribution in [2.24, 2.45) is 0 Å². The maximum absolute atomic E-state index is 3.61. The van der Waals surface area contributed by atoms with Gasteiger partial charge in [0.1, 0.15) is 0 Å². The van der Waals surface area contributed by atoms with Gasteiger partial charge in [-0.2, -0.15) is 0 Å². The summed E-state index contributed by atoms with van der Waals surface area (Å²) in [5.41, 5.74) is 3.20. The fraction of sp³-hybridized carbons (Fsp3) is 0.500. The molecule has 2 heteroatoms. The second-order valence-electron chi connectivity index (χ2n) is 4.63. The molecule has 1 unspecified atom stereocenters. The van der Waals surface area contributed by atoms with E-state index in [-0.39, 0.29) is 17.9 Å². The van der Waals surface area contributed by atoms with E-state index in [0.29, 0.717) is 6.04 Å². The second-order valence-corrected chi connectivity index (χ2v) is 4.63. The van der Waals surface area contributed by atoms with Crippen LogP contribution >= 0.6 is 12.4 Å². The van der Waals surface area contributed by atoms with Crippen LogP contribution in [0.5, 0.6) is 0 Å². The topological polar surface area (TPSA) is 12.0 Å².